The zero-order chi connectivity index (χ0) is 14.2. The summed E-state index contributed by atoms with van der Waals surface area (Å²) in [4.78, 5) is 3.69. The van der Waals surface area contributed by atoms with Crippen molar-refractivity contribution in [1.82, 2.24) is 9.66 Å². The first-order valence-electron chi connectivity index (χ1n) is 5.43. The van der Waals surface area contributed by atoms with Gasteiger partial charge in [0.25, 0.3) is 0 Å². The lowest BCUT2D eigenvalue weighted by atomic mass is 10.2. The van der Waals surface area contributed by atoms with E-state index >= 15 is 0 Å². The molecule has 7 heteroatoms. The van der Waals surface area contributed by atoms with Crippen molar-refractivity contribution < 1.29 is 13.2 Å². The van der Waals surface area contributed by atoms with E-state index < -0.39 is 11.7 Å². The maximum Gasteiger partial charge on any atom is 0.420 e. The van der Waals surface area contributed by atoms with Gasteiger partial charge in [-0.1, -0.05) is 11.6 Å². The molecule has 2 heterocycles. The van der Waals surface area contributed by atoms with Gasteiger partial charge in [0, 0.05) is 12.4 Å². The molecule has 102 valence electrons. The van der Waals surface area contributed by atoms with Gasteiger partial charge in [0.2, 0.25) is 0 Å². The largest absolute Gasteiger partial charge is 0.420 e. The van der Waals surface area contributed by atoms with E-state index in [1.807, 2.05) is 13.8 Å². The maximum atomic E-state index is 12.8. The van der Waals surface area contributed by atoms with E-state index in [0.29, 0.717) is 0 Å². The van der Waals surface area contributed by atoms with Gasteiger partial charge in [-0.3, -0.25) is 10.1 Å². The Balaban J connectivity index is 2.41. The predicted octanol–water partition coefficient (Wildman–Crippen LogP) is 4.05. The molecule has 0 fully saturated rings. The van der Waals surface area contributed by atoms with Gasteiger partial charge in [0.1, 0.15) is 5.15 Å². The Labute approximate surface area is 113 Å². The van der Waals surface area contributed by atoms with Crippen molar-refractivity contribution in [3.63, 3.8) is 0 Å². The zero-order valence-corrected chi connectivity index (χ0v) is 11.0. The Hall–Kier alpha value is -1.69. The average Bonchev–Trinajstić information content (AvgIpc) is 2.56. The van der Waals surface area contributed by atoms with E-state index in [-0.39, 0.29) is 11.0 Å². The van der Waals surface area contributed by atoms with Crippen LogP contribution in [0.5, 0.6) is 0 Å². The summed E-state index contributed by atoms with van der Waals surface area (Å²) < 4.78 is 39.9. The van der Waals surface area contributed by atoms with Crippen molar-refractivity contribution in [2.75, 3.05) is 5.43 Å². The lowest BCUT2D eigenvalue weighted by Gasteiger charge is -2.14. The molecule has 0 saturated heterocycles. The lowest BCUT2D eigenvalue weighted by Crippen LogP contribution is -2.15. The van der Waals surface area contributed by atoms with Crippen LogP contribution in [0, 0.1) is 13.8 Å². The summed E-state index contributed by atoms with van der Waals surface area (Å²) in [6, 6.07) is 2.02. The highest BCUT2D eigenvalue weighted by Crippen LogP contribution is 2.34. The van der Waals surface area contributed by atoms with E-state index in [9.17, 15) is 13.2 Å². The number of anilines is 1. The number of alkyl halides is 3. The minimum atomic E-state index is -4.49. The minimum absolute atomic E-state index is 0.00361. The fourth-order valence-corrected chi connectivity index (χ4v) is 1.74. The number of pyridine rings is 1. The van der Waals surface area contributed by atoms with Crippen molar-refractivity contribution in [3.8, 4) is 0 Å². The number of aryl methyl sites for hydroxylation is 2. The molecule has 0 aliphatic heterocycles. The monoisotopic (exact) mass is 289 g/mol. The SMILES string of the molecule is Cc1cn(Nc2nc(Cl)ccc2C(F)(F)F)cc1C. The number of nitrogens with zero attached hydrogens (tertiary/aromatic N) is 2. The fraction of sp³-hybridized carbons (Fsp3) is 0.250. The highest BCUT2D eigenvalue weighted by molar-refractivity contribution is 6.29. The fourth-order valence-electron chi connectivity index (χ4n) is 1.59. The third-order valence-electron chi connectivity index (χ3n) is 2.69. The Bertz CT molecular complexity index is 585. The molecule has 0 aromatic carbocycles. The van der Waals surface area contributed by atoms with E-state index in [1.165, 1.54) is 4.68 Å². The molecule has 2 rings (SSSR count). The normalized spacial score (nSPS) is 11.7. The van der Waals surface area contributed by atoms with Crippen LogP contribution in [0.4, 0.5) is 19.0 Å². The van der Waals surface area contributed by atoms with Gasteiger partial charge in [-0.15, -0.1) is 0 Å². The number of aromatic nitrogens is 2. The molecule has 0 atom stereocenters. The van der Waals surface area contributed by atoms with E-state index in [0.717, 1.165) is 23.3 Å². The van der Waals surface area contributed by atoms with Crippen LogP contribution in [0.3, 0.4) is 0 Å². The van der Waals surface area contributed by atoms with Gasteiger partial charge in [-0.25, -0.2) is 4.98 Å². The third-order valence-corrected chi connectivity index (χ3v) is 2.90. The summed E-state index contributed by atoms with van der Waals surface area (Å²) in [6.45, 7) is 3.73. The molecular formula is C12H11ClF3N3. The second-order valence-corrected chi connectivity index (χ2v) is 4.56. The van der Waals surface area contributed by atoms with Crippen LogP contribution >= 0.6 is 11.6 Å². The van der Waals surface area contributed by atoms with Crippen LogP contribution in [0.15, 0.2) is 24.5 Å². The number of hydrogen-bond acceptors (Lipinski definition) is 2. The molecule has 0 bridgehead atoms. The molecule has 2 aromatic heterocycles. The Kier molecular flexibility index (Phi) is 3.45. The van der Waals surface area contributed by atoms with Crippen LogP contribution < -0.4 is 5.43 Å². The lowest BCUT2D eigenvalue weighted by molar-refractivity contribution is -0.137. The summed E-state index contributed by atoms with van der Waals surface area (Å²) in [5, 5.41) is -0.00361. The highest BCUT2D eigenvalue weighted by atomic mass is 35.5. The molecule has 0 saturated carbocycles. The van der Waals surface area contributed by atoms with Crippen LogP contribution in [0.1, 0.15) is 16.7 Å². The Morgan fingerprint density at radius 3 is 2.26 bits per heavy atom. The van der Waals surface area contributed by atoms with Gasteiger partial charge in [0.05, 0.1) is 5.56 Å². The van der Waals surface area contributed by atoms with Gasteiger partial charge >= 0.3 is 6.18 Å². The molecule has 0 aliphatic rings. The minimum Gasteiger partial charge on any atom is -0.278 e. The summed E-state index contributed by atoms with van der Waals surface area (Å²) in [7, 11) is 0. The number of nitrogens with one attached hydrogen (secondary N) is 1. The molecule has 0 aliphatic carbocycles. The molecule has 0 radical (unpaired) electrons. The molecule has 19 heavy (non-hydrogen) atoms. The molecule has 2 aromatic rings. The van der Waals surface area contributed by atoms with Gasteiger partial charge in [-0.2, -0.15) is 13.2 Å². The van der Waals surface area contributed by atoms with Crippen LogP contribution in [0.2, 0.25) is 5.15 Å². The highest BCUT2D eigenvalue weighted by Gasteiger charge is 2.34. The van der Waals surface area contributed by atoms with Crippen molar-refractivity contribution in [1.29, 1.82) is 0 Å². The van der Waals surface area contributed by atoms with Crippen molar-refractivity contribution in [2.24, 2.45) is 0 Å². The molecule has 0 unspecified atom stereocenters. The average molecular weight is 290 g/mol. The Morgan fingerprint density at radius 1 is 1.16 bits per heavy atom. The van der Waals surface area contributed by atoms with E-state index in [2.05, 4.69) is 10.4 Å². The molecule has 0 spiro atoms. The summed E-state index contributed by atoms with van der Waals surface area (Å²) in [5.74, 6) is -0.324. The predicted molar refractivity (Wildman–Crippen MR) is 67.2 cm³/mol. The smallest absolute Gasteiger partial charge is 0.278 e. The summed E-state index contributed by atoms with van der Waals surface area (Å²) in [6.07, 6.45) is -1.13. The summed E-state index contributed by atoms with van der Waals surface area (Å²) >= 11 is 5.64. The van der Waals surface area contributed by atoms with Crippen LogP contribution in [-0.2, 0) is 6.18 Å². The van der Waals surface area contributed by atoms with Crippen molar-refractivity contribution >= 4 is 17.4 Å². The van der Waals surface area contributed by atoms with Crippen molar-refractivity contribution in [2.45, 2.75) is 20.0 Å². The molecular weight excluding hydrogens is 279 g/mol. The second kappa shape index (κ2) is 4.77. The number of rotatable bonds is 2. The zero-order valence-electron chi connectivity index (χ0n) is 10.2. The molecule has 1 N–H and O–H groups in total. The van der Waals surface area contributed by atoms with Gasteiger partial charge in [-0.05, 0) is 37.1 Å². The Morgan fingerprint density at radius 2 is 1.74 bits per heavy atom. The second-order valence-electron chi connectivity index (χ2n) is 4.17. The first-order valence-corrected chi connectivity index (χ1v) is 5.81. The first-order chi connectivity index (χ1) is 8.77. The number of halogens is 4. The van der Waals surface area contributed by atoms with E-state index in [1.54, 1.807) is 12.4 Å². The quantitative estimate of drug-likeness (QED) is 0.845. The number of hydrogen-bond donors (Lipinski definition) is 1. The van der Waals surface area contributed by atoms with Gasteiger partial charge in [0.15, 0.2) is 5.82 Å². The van der Waals surface area contributed by atoms with Crippen molar-refractivity contribution in [3.05, 3.63) is 46.4 Å². The maximum absolute atomic E-state index is 12.8. The standard InChI is InChI=1S/C12H11ClF3N3/c1-7-5-19(6-8(7)2)18-11-9(12(14,15)16)3-4-10(13)17-11/h3-6H,1-2H3,(H,17,18). The molecule has 0 amide bonds. The molecule has 3 nitrogen and oxygen atoms in total. The first kappa shape index (κ1) is 13.7. The van der Waals surface area contributed by atoms with Crippen LogP contribution in [-0.4, -0.2) is 9.66 Å². The third kappa shape index (κ3) is 3.01. The van der Waals surface area contributed by atoms with Gasteiger partial charge < -0.3 is 0 Å². The van der Waals surface area contributed by atoms with Crippen LogP contribution in [0.25, 0.3) is 0 Å². The van der Waals surface area contributed by atoms with E-state index in [4.69, 9.17) is 11.6 Å². The summed E-state index contributed by atoms with van der Waals surface area (Å²) in [5.41, 5.74) is 3.64. The topological polar surface area (TPSA) is 29.9 Å².